The fraction of sp³-hybridized carbons (Fsp3) is 0.290. The second-order valence-electron chi connectivity index (χ2n) is 11.2. The van der Waals surface area contributed by atoms with Gasteiger partial charge in [-0.15, -0.1) is 0 Å². The molecule has 0 saturated carbocycles. The average molecular weight is 521 g/mol. The molecule has 0 bridgehead atoms. The van der Waals surface area contributed by atoms with Crippen molar-refractivity contribution in [2.24, 2.45) is 0 Å². The number of hydrogen-bond acceptors (Lipinski definition) is 5. The predicted molar refractivity (Wildman–Crippen MR) is 153 cm³/mol. The lowest BCUT2D eigenvalue weighted by molar-refractivity contribution is 0.00578. The summed E-state index contributed by atoms with van der Waals surface area (Å²) in [6, 6.07) is 22.6. The molecule has 1 saturated heterocycles. The van der Waals surface area contributed by atoms with E-state index in [0.717, 1.165) is 21.9 Å². The lowest BCUT2D eigenvalue weighted by Crippen LogP contribution is -2.41. The number of hydrogen-bond donors (Lipinski definition) is 2. The Morgan fingerprint density at radius 1 is 1.00 bits per heavy atom. The van der Waals surface area contributed by atoms with E-state index in [-0.39, 0.29) is 19.1 Å². The minimum Gasteiger partial charge on any atom is -0.449 e. The van der Waals surface area contributed by atoms with Gasteiger partial charge in [0.15, 0.2) is 0 Å². The van der Waals surface area contributed by atoms with Crippen molar-refractivity contribution in [3.63, 3.8) is 0 Å². The molecule has 7 nitrogen and oxygen atoms in total. The third-order valence-electron chi connectivity index (χ3n) is 8.15. The Hall–Kier alpha value is -3.88. The number of ether oxygens (including phenoxy) is 1. The third kappa shape index (κ3) is 4.75. The quantitative estimate of drug-likeness (QED) is 0.299. The molecule has 1 fully saturated rings. The minimum absolute atomic E-state index is 0.00273. The lowest BCUT2D eigenvalue weighted by atomic mass is 9.77. The number of aromatic amines is 1. The maximum Gasteiger partial charge on any atom is 0.492 e. The summed E-state index contributed by atoms with van der Waals surface area (Å²) >= 11 is 0. The molecular weight excluding hydrogens is 489 g/mol. The zero-order chi connectivity index (χ0) is 27.2. The first-order chi connectivity index (χ1) is 18.7. The van der Waals surface area contributed by atoms with Crippen molar-refractivity contribution in [2.45, 2.75) is 44.8 Å². The maximum atomic E-state index is 12.9. The van der Waals surface area contributed by atoms with Crippen LogP contribution < -0.4 is 5.32 Å². The highest BCUT2D eigenvalue weighted by atomic mass is 16.7. The first-order valence-corrected chi connectivity index (χ1v) is 13.3. The van der Waals surface area contributed by atoms with Gasteiger partial charge in [0, 0.05) is 17.8 Å². The monoisotopic (exact) mass is 521 g/mol. The molecule has 198 valence electrons. The Balaban J connectivity index is 1.18. The van der Waals surface area contributed by atoms with Gasteiger partial charge in [-0.3, -0.25) is 5.10 Å². The molecule has 1 aliphatic heterocycles. The highest BCUT2D eigenvalue weighted by molar-refractivity contribution is 6.56. The van der Waals surface area contributed by atoms with Gasteiger partial charge < -0.3 is 19.4 Å². The topological polar surface area (TPSA) is 85.5 Å². The molecule has 1 amide bonds. The molecule has 0 atom stereocenters. The van der Waals surface area contributed by atoms with Gasteiger partial charge in [0.05, 0.1) is 22.9 Å². The van der Waals surface area contributed by atoms with Crippen molar-refractivity contribution >= 4 is 30.2 Å². The van der Waals surface area contributed by atoms with Crippen molar-refractivity contribution in [1.29, 1.82) is 0 Å². The van der Waals surface area contributed by atoms with Gasteiger partial charge in [0.2, 0.25) is 0 Å². The second-order valence-corrected chi connectivity index (χ2v) is 11.2. The van der Waals surface area contributed by atoms with Crippen LogP contribution in [0.2, 0.25) is 0 Å². The number of rotatable bonds is 6. The summed E-state index contributed by atoms with van der Waals surface area (Å²) < 4.78 is 18.4. The molecule has 0 radical (unpaired) electrons. The Morgan fingerprint density at radius 2 is 1.64 bits per heavy atom. The largest absolute Gasteiger partial charge is 0.492 e. The molecule has 0 unspecified atom stereocenters. The number of benzene rings is 3. The molecule has 2 heterocycles. The Labute approximate surface area is 228 Å². The average Bonchev–Trinajstić information content (AvgIpc) is 3.57. The first kappa shape index (κ1) is 25.4. The van der Waals surface area contributed by atoms with E-state index >= 15 is 0 Å². The SMILES string of the molecule is CC1(C)OB(C(=Cc2ccc3[nH]ncc3c2)CNC(=O)OCC2c3ccccc3-c3ccccc32)OC1(C)C. The van der Waals surface area contributed by atoms with E-state index in [4.69, 9.17) is 14.0 Å². The van der Waals surface area contributed by atoms with Crippen molar-refractivity contribution in [2.75, 3.05) is 13.2 Å². The van der Waals surface area contributed by atoms with Gasteiger partial charge >= 0.3 is 13.2 Å². The highest BCUT2D eigenvalue weighted by Crippen LogP contribution is 2.44. The van der Waals surface area contributed by atoms with Crippen molar-refractivity contribution in [3.8, 4) is 11.1 Å². The van der Waals surface area contributed by atoms with E-state index in [9.17, 15) is 4.79 Å². The van der Waals surface area contributed by atoms with Crippen LogP contribution in [0.15, 0.2) is 78.4 Å². The molecule has 0 spiro atoms. The summed E-state index contributed by atoms with van der Waals surface area (Å²) in [6.45, 7) is 8.54. The zero-order valence-electron chi connectivity index (χ0n) is 22.7. The smallest absolute Gasteiger partial charge is 0.449 e. The lowest BCUT2D eigenvalue weighted by Gasteiger charge is -2.32. The molecule has 1 aromatic heterocycles. The number of carbonyl (C=O) groups excluding carboxylic acids is 1. The van der Waals surface area contributed by atoms with Crippen LogP contribution >= 0.6 is 0 Å². The minimum atomic E-state index is -0.607. The predicted octanol–water partition coefficient (Wildman–Crippen LogP) is 6.12. The van der Waals surface area contributed by atoms with E-state index in [1.807, 2.05) is 76.2 Å². The molecule has 6 rings (SSSR count). The van der Waals surface area contributed by atoms with E-state index in [2.05, 4.69) is 39.8 Å². The normalized spacial score (nSPS) is 17.7. The zero-order valence-corrected chi connectivity index (χ0v) is 22.7. The van der Waals surface area contributed by atoms with Crippen molar-refractivity contribution in [1.82, 2.24) is 15.5 Å². The Morgan fingerprint density at radius 3 is 2.31 bits per heavy atom. The van der Waals surface area contributed by atoms with E-state index in [0.29, 0.717) is 0 Å². The molecule has 1 aliphatic carbocycles. The van der Waals surface area contributed by atoms with E-state index in [1.165, 1.54) is 22.3 Å². The van der Waals surface area contributed by atoms with Crippen LogP contribution in [0.5, 0.6) is 0 Å². The van der Waals surface area contributed by atoms with Gasteiger partial charge in [-0.25, -0.2) is 4.79 Å². The van der Waals surface area contributed by atoms with Crippen molar-refractivity contribution in [3.05, 3.63) is 95.1 Å². The number of nitrogens with one attached hydrogen (secondary N) is 2. The number of carbonyl (C=O) groups is 1. The highest BCUT2D eigenvalue weighted by Gasteiger charge is 2.52. The number of amides is 1. The molecule has 2 aliphatic rings. The Bertz CT molecular complexity index is 1510. The molecule has 8 heteroatoms. The second kappa shape index (κ2) is 9.70. The van der Waals surface area contributed by atoms with Crippen LogP contribution in [0.4, 0.5) is 4.79 Å². The van der Waals surface area contributed by atoms with Gasteiger partial charge in [-0.05, 0) is 73.1 Å². The van der Waals surface area contributed by atoms with Crippen LogP contribution in [0.25, 0.3) is 28.1 Å². The van der Waals surface area contributed by atoms with Crippen molar-refractivity contribution < 1.29 is 18.8 Å². The van der Waals surface area contributed by atoms with E-state index in [1.54, 1.807) is 6.20 Å². The fourth-order valence-corrected chi connectivity index (χ4v) is 5.29. The van der Waals surface area contributed by atoms with Gasteiger partial charge in [-0.1, -0.05) is 60.7 Å². The number of aromatic nitrogens is 2. The fourth-order valence-electron chi connectivity index (χ4n) is 5.29. The van der Waals surface area contributed by atoms with Crippen LogP contribution in [0.1, 0.15) is 50.3 Å². The summed E-state index contributed by atoms with van der Waals surface area (Å²) in [4.78, 5) is 12.9. The number of H-pyrrole nitrogens is 1. The number of fused-ring (bicyclic) bond motifs is 4. The van der Waals surface area contributed by atoms with Gasteiger partial charge in [0.25, 0.3) is 0 Å². The standard InChI is InChI=1S/C31H32BN3O4/c1-30(2)31(3,4)39-32(38-30)22(16-20-13-14-28-21(15-20)17-34-35-28)18-33-29(36)37-19-27-25-11-7-5-9-23(25)24-10-6-8-12-26(24)27/h5-17,27H,18-19H2,1-4H3,(H,33,36)(H,34,35). The Kier molecular flexibility index (Phi) is 6.32. The number of nitrogens with zero attached hydrogens (tertiary/aromatic N) is 1. The summed E-state index contributed by atoms with van der Waals surface area (Å²) in [6.07, 6.45) is 3.30. The van der Waals surface area contributed by atoms with E-state index < -0.39 is 24.4 Å². The van der Waals surface area contributed by atoms with Gasteiger partial charge in [-0.2, -0.15) is 5.10 Å². The molecule has 2 N–H and O–H groups in total. The molecule has 39 heavy (non-hydrogen) atoms. The number of alkyl carbamates (subject to hydrolysis) is 1. The molecule has 4 aromatic rings. The van der Waals surface area contributed by atoms with Gasteiger partial charge in [0.1, 0.15) is 6.61 Å². The summed E-state index contributed by atoms with van der Waals surface area (Å²) in [5.41, 5.74) is 6.46. The summed E-state index contributed by atoms with van der Waals surface area (Å²) in [5, 5.41) is 11.0. The van der Waals surface area contributed by atoms with Crippen LogP contribution in [-0.4, -0.2) is 47.8 Å². The maximum absolute atomic E-state index is 12.9. The molecule has 3 aromatic carbocycles. The summed E-state index contributed by atoms with van der Waals surface area (Å²) in [5.74, 6) is 0.00273. The third-order valence-corrected chi connectivity index (χ3v) is 8.15. The van der Waals surface area contributed by atoms with Crippen LogP contribution in [0.3, 0.4) is 0 Å². The van der Waals surface area contributed by atoms with Crippen LogP contribution in [-0.2, 0) is 14.0 Å². The van der Waals surface area contributed by atoms with Crippen LogP contribution in [0, 0.1) is 0 Å². The summed E-state index contributed by atoms with van der Waals surface area (Å²) in [7, 11) is -0.607. The first-order valence-electron chi connectivity index (χ1n) is 13.3. The molecular formula is C31H32BN3O4.